The van der Waals surface area contributed by atoms with Crippen LogP contribution in [0.2, 0.25) is 0 Å². The van der Waals surface area contributed by atoms with Crippen molar-refractivity contribution in [2.75, 3.05) is 13.6 Å². The third-order valence-corrected chi connectivity index (χ3v) is 2.70. The van der Waals surface area contributed by atoms with Gasteiger partial charge >= 0.3 is 0 Å². The Morgan fingerprint density at radius 1 is 1.67 bits per heavy atom. The van der Waals surface area contributed by atoms with Crippen LogP contribution in [0.1, 0.15) is 18.9 Å². The number of hydrogen-bond donors (Lipinski definition) is 1. The van der Waals surface area contributed by atoms with Crippen LogP contribution in [0.5, 0.6) is 0 Å². The maximum atomic E-state index is 12.1. The number of carbonyl (C=O) groups is 1. The van der Waals surface area contributed by atoms with E-state index in [9.17, 15) is 4.79 Å². The SMILES string of the molecule is CNC(C)C(=O)N(CCC#N)Cc1cccnc1. The Hall–Kier alpha value is -1.93. The number of pyridine rings is 1. The molecule has 0 saturated heterocycles. The van der Waals surface area contributed by atoms with Gasteiger partial charge in [0, 0.05) is 25.5 Å². The van der Waals surface area contributed by atoms with E-state index in [1.165, 1.54) is 0 Å². The number of nitriles is 1. The van der Waals surface area contributed by atoms with Crippen LogP contribution in [0, 0.1) is 11.3 Å². The van der Waals surface area contributed by atoms with Crippen LogP contribution in [-0.2, 0) is 11.3 Å². The van der Waals surface area contributed by atoms with Gasteiger partial charge in [-0.2, -0.15) is 5.26 Å². The fourth-order valence-corrected chi connectivity index (χ4v) is 1.56. The lowest BCUT2D eigenvalue weighted by atomic mass is 10.2. The summed E-state index contributed by atoms with van der Waals surface area (Å²) in [6.45, 7) is 2.74. The molecule has 1 amide bonds. The molecule has 1 atom stereocenters. The van der Waals surface area contributed by atoms with Gasteiger partial charge in [-0.05, 0) is 25.6 Å². The maximum absolute atomic E-state index is 12.1. The van der Waals surface area contributed by atoms with Crippen molar-refractivity contribution in [2.24, 2.45) is 0 Å². The van der Waals surface area contributed by atoms with E-state index < -0.39 is 0 Å². The molecule has 0 radical (unpaired) electrons. The van der Waals surface area contributed by atoms with E-state index in [-0.39, 0.29) is 11.9 Å². The van der Waals surface area contributed by atoms with Crippen LogP contribution >= 0.6 is 0 Å². The van der Waals surface area contributed by atoms with Gasteiger partial charge in [0.1, 0.15) is 0 Å². The van der Waals surface area contributed by atoms with Gasteiger partial charge in [0.15, 0.2) is 0 Å². The predicted molar refractivity (Wildman–Crippen MR) is 68.4 cm³/mol. The van der Waals surface area contributed by atoms with Gasteiger partial charge < -0.3 is 10.2 Å². The zero-order chi connectivity index (χ0) is 13.4. The van der Waals surface area contributed by atoms with E-state index in [4.69, 9.17) is 5.26 Å². The van der Waals surface area contributed by atoms with Gasteiger partial charge in [-0.1, -0.05) is 6.07 Å². The minimum atomic E-state index is -0.250. The van der Waals surface area contributed by atoms with Gasteiger partial charge in [0.25, 0.3) is 0 Å². The van der Waals surface area contributed by atoms with Crippen molar-refractivity contribution in [3.63, 3.8) is 0 Å². The number of aromatic nitrogens is 1. The highest BCUT2D eigenvalue weighted by Crippen LogP contribution is 2.06. The van der Waals surface area contributed by atoms with Crippen molar-refractivity contribution >= 4 is 5.91 Å². The molecule has 0 aliphatic rings. The van der Waals surface area contributed by atoms with Crippen LogP contribution in [0.15, 0.2) is 24.5 Å². The van der Waals surface area contributed by atoms with Crippen LogP contribution in [0.25, 0.3) is 0 Å². The first-order valence-corrected chi connectivity index (χ1v) is 5.91. The zero-order valence-electron chi connectivity index (χ0n) is 10.8. The summed E-state index contributed by atoms with van der Waals surface area (Å²) in [4.78, 5) is 17.8. The average Bonchev–Trinajstić information content (AvgIpc) is 2.42. The molecule has 1 aromatic heterocycles. The Bertz CT molecular complexity index is 413. The van der Waals surface area contributed by atoms with Gasteiger partial charge in [-0.15, -0.1) is 0 Å². The van der Waals surface area contributed by atoms with Crippen LogP contribution in [0.4, 0.5) is 0 Å². The fraction of sp³-hybridized carbons (Fsp3) is 0.462. The molecule has 0 bridgehead atoms. The second-order valence-electron chi connectivity index (χ2n) is 4.04. The highest BCUT2D eigenvalue weighted by atomic mass is 16.2. The molecule has 0 saturated carbocycles. The summed E-state index contributed by atoms with van der Waals surface area (Å²) < 4.78 is 0. The normalized spacial score (nSPS) is 11.6. The average molecular weight is 246 g/mol. The van der Waals surface area contributed by atoms with Crippen LogP contribution < -0.4 is 5.32 Å². The van der Waals surface area contributed by atoms with Crippen molar-refractivity contribution < 1.29 is 4.79 Å². The first-order chi connectivity index (χ1) is 8.69. The number of rotatable bonds is 6. The lowest BCUT2D eigenvalue weighted by molar-refractivity contribution is -0.133. The number of hydrogen-bond acceptors (Lipinski definition) is 4. The van der Waals surface area contributed by atoms with Crippen LogP contribution in [-0.4, -0.2) is 35.4 Å². The van der Waals surface area contributed by atoms with E-state index in [0.29, 0.717) is 19.5 Å². The predicted octanol–water partition coefficient (Wildman–Crippen LogP) is 0.932. The molecule has 0 aliphatic heterocycles. The van der Waals surface area contributed by atoms with E-state index in [0.717, 1.165) is 5.56 Å². The van der Waals surface area contributed by atoms with Gasteiger partial charge in [-0.3, -0.25) is 9.78 Å². The molecule has 1 heterocycles. The van der Waals surface area contributed by atoms with Crippen molar-refractivity contribution in [3.8, 4) is 6.07 Å². The summed E-state index contributed by atoms with van der Waals surface area (Å²) in [5, 5.41) is 11.6. The molecule has 5 nitrogen and oxygen atoms in total. The number of nitrogens with one attached hydrogen (secondary N) is 1. The first kappa shape index (κ1) is 14.1. The Labute approximate surface area is 107 Å². The van der Waals surface area contributed by atoms with E-state index >= 15 is 0 Å². The molecule has 18 heavy (non-hydrogen) atoms. The summed E-state index contributed by atoms with van der Waals surface area (Å²) in [6.07, 6.45) is 3.76. The summed E-state index contributed by atoms with van der Waals surface area (Å²) in [5.74, 6) is -0.00315. The molecule has 0 spiro atoms. The second-order valence-corrected chi connectivity index (χ2v) is 4.04. The molecule has 1 rings (SSSR count). The van der Waals surface area contributed by atoms with Crippen molar-refractivity contribution in [2.45, 2.75) is 25.9 Å². The molecule has 1 unspecified atom stereocenters. The van der Waals surface area contributed by atoms with Crippen molar-refractivity contribution in [1.29, 1.82) is 5.26 Å². The smallest absolute Gasteiger partial charge is 0.239 e. The lowest BCUT2D eigenvalue weighted by Gasteiger charge is -2.24. The quantitative estimate of drug-likeness (QED) is 0.810. The summed E-state index contributed by atoms with van der Waals surface area (Å²) in [7, 11) is 1.75. The Morgan fingerprint density at radius 2 is 2.44 bits per heavy atom. The van der Waals surface area contributed by atoms with E-state index in [1.807, 2.05) is 19.1 Å². The van der Waals surface area contributed by atoms with E-state index in [1.54, 1.807) is 24.3 Å². The molecule has 1 aromatic rings. The van der Waals surface area contributed by atoms with Gasteiger partial charge in [0.05, 0.1) is 18.5 Å². The Kier molecular flexibility index (Phi) is 5.81. The van der Waals surface area contributed by atoms with Gasteiger partial charge in [-0.25, -0.2) is 0 Å². The van der Waals surface area contributed by atoms with Crippen LogP contribution in [0.3, 0.4) is 0 Å². The third kappa shape index (κ3) is 4.15. The first-order valence-electron chi connectivity index (χ1n) is 5.91. The molecule has 0 aromatic carbocycles. The number of nitrogens with zero attached hydrogens (tertiary/aromatic N) is 3. The van der Waals surface area contributed by atoms with E-state index in [2.05, 4.69) is 16.4 Å². The molecule has 96 valence electrons. The minimum Gasteiger partial charge on any atom is -0.336 e. The topological polar surface area (TPSA) is 69.0 Å². The molecular formula is C13H18N4O. The van der Waals surface area contributed by atoms with Gasteiger partial charge in [0.2, 0.25) is 5.91 Å². The fourth-order valence-electron chi connectivity index (χ4n) is 1.56. The lowest BCUT2D eigenvalue weighted by Crippen LogP contribution is -2.43. The standard InChI is InChI=1S/C13H18N4O/c1-11(15-2)13(18)17(8-4-6-14)10-12-5-3-7-16-9-12/h3,5,7,9,11,15H,4,8,10H2,1-2H3. The molecule has 0 fully saturated rings. The molecule has 5 heteroatoms. The number of carbonyl (C=O) groups excluding carboxylic acids is 1. The monoisotopic (exact) mass is 246 g/mol. The molecule has 0 aliphatic carbocycles. The zero-order valence-corrected chi connectivity index (χ0v) is 10.8. The Morgan fingerprint density at radius 3 is 3.00 bits per heavy atom. The highest BCUT2D eigenvalue weighted by molar-refractivity contribution is 5.81. The summed E-state index contributed by atoms with van der Waals surface area (Å²) in [6, 6.07) is 5.57. The molecular weight excluding hydrogens is 228 g/mol. The largest absolute Gasteiger partial charge is 0.336 e. The second kappa shape index (κ2) is 7.41. The minimum absolute atomic E-state index is 0.00315. The van der Waals surface area contributed by atoms with Crippen molar-refractivity contribution in [1.82, 2.24) is 15.2 Å². The summed E-state index contributed by atoms with van der Waals surface area (Å²) >= 11 is 0. The number of likely N-dealkylation sites (N-methyl/N-ethyl adjacent to an activating group) is 1. The molecule has 1 N–H and O–H groups in total. The Balaban J connectivity index is 2.72. The number of amides is 1. The maximum Gasteiger partial charge on any atom is 0.239 e. The third-order valence-electron chi connectivity index (χ3n) is 2.70. The highest BCUT2D eigenvalue weighted by Gasteiger charge is 2.18. The van der Waals surface area contributed by atoms with Crippen molar-refractivity contribution in [3.05, 3.63) is 30.1 Å². The summed E-state index contributed by atoms with van der Waals surface area (Å²) in [5.41, 5.74) is 0.965.